The second-order valence-corrected chi connectivity index (χ2v) is 6.28. The number of H-pyrrole nitrogens is 1. The van der Waals surface area contributed by atoms with Crippen LogP contribution in [0.2, 0.25) is 0 Å². The maximum absolute atomic E-state index is 13.1. The zero-order valence-electron chi connectivity index (χ0n) is 14.9. The predicted molar refractivity (Wildman–Crippen MR) is 94.5 cm³/mol. The van der Waals surface area contributed by atoms with Crippen LogP contribution < -0.4 is 15.0 Å². The van der Waals surface area contributed by atoms with Gasteiger partial charge in [-0.3, -0.25) is 9.59 Å². The molecule has 1 aliphatic rings. The van der Waals surface area contributed by atoms with Gasteiger partial charge in [0.25, 0.3) is 11.5 Å². The third kappa shape index (κ3) is 3.12. The van der Waals surface area contributed by atoms with Gasteiger partial charge in [-0.25, -0.2) is 0 Å². The molecule has 1 aromatic heterocycles. The van der Waals surface area contributed by atoms with E-state index in [0.29, 0.717) is 35.8 Å². The average molecular weight is 342 g/mol. The number of carbonyl (C=O) groups excluding carboxylic acids is 1. The van der Waals surface area contributed by atoms with E-state index in [1.165, 1.54) is 0 Å². The highest BCUT2D eigenvalue weighted by Crippen LogP contribution is 2.32. The van der Waals surface area contributed by atoms with Crippen LogP contribution >= 0.6 is 0 Å². The number of aromatic nitrogens is 1. The largest absolute Gasteiger partial charge is 0.496 e. The first-order valence-electron chi connectivity index (χ1n) is 8.21. The number of hydrogen-bond donors (Lipinski definition) is 1. The summed E-state index contributed by atoms with van der Waals surface area (Å²) in [7, 11) is 1.57. The van der Waals surface area contributed by atoms with Gasteiger partial charge in [-0.15, -0.1) is 0 Å². The van der Waals surface area contributed by atoms with Gasteiger partial charge in [0.1, 0.15) is 18.1 Å². The molecule has 25 heavy (non-hydrogen) atoms. The second kappa shape index (κ2) is 6.63. The van der Waals surface area contributed by atoms with E-state index in [4.69, 9.17) is 9.47 Å². The zero-order valence-corrected chi connectivity index (χ0v) is 14.9. The van der Waals surface area contributed by atoms with Crippen molar-refractivity contribution < 1.29 is 14.3 Å². The van der Waals surface area contributed by atoms with Gasteiger partial charge >= 0.3 is 0 Å². The first-order chi connectivity index (χ1) is 11.9. The van der Waals surface area contributed by atoms with Gasteiger partial charge in [-0.2, -0.15) is 0 Å². The molecule has 1 amide bonds. The number of methoxy groups -OCH3 is 1. The number of rotatable bonds is 3. The Morgan fingerprint density at radius 2 is 2.00 bits per heavy atom. The molecule has 0 spiro atoms. The summed E-state index contributed by atoms with van der Waals surface area (Å²) in [6.07, 6.45) is 0. The van der Waals surface area contributed by atoms with Gasteiger partial charge in [0.2, 0.25) is 0 Å². The highest BCUT2D eigenvalue weighted by atomic mass is 16.5. The highest BCUT2D eigenvalue weighted by Gasteiger charge is 2.27. The number of aromatic amines is 1. The molecule has 1 aromatic carbocycles. The smallest absolute Gasteiger partial charge is 0.258 e. The number of nitrogens with zero attached hydrogens (tertiary/aromatic N) is 1. The number of fused-ring (bicyclic) bond motifs is 1. The SMILES string of the molecule is COc1ccc2c(c1C)C(=O)N(Cc1c(C)cc(C)[nH]c1=O)CCO2. The fourth-order valence-electron chi connectivity index (χ4n) is 3.22. The summed E-state index contributed by atoms with van der Waals surface area (Å²) in [5, 5.41) is 0. The molecule has 132 valence electrons. The molecule has 1 aliphatic heterocycles. The van der Waals surface area contributed by atoms with E-state index >= 15 is 0 Å². The molecule has 0 bridgehead atoms. The molecule has 0 aliphatic carbocycles. The number of aryl methyl sites for hydroxylation is 2. The van der Waals surface area contributed by atoms with E-state index in [-0.39, 0.29) is 18.0 Å². The Balaban J connectivity index is 2.00. The molecule has 1 N–H and O–H groups in total. The van der Waals surface area contributed by atoms with Crippen molar-refractivity contribution in [2.24, 2.45) is 0 Å². The molecule has 0 radical (unpaired) electrons. The number of pyridine rings is 1. The van der Waals surface area contributed by atoms with Crippen molar-refractivity contribution in [3.63, 3.8) is 0 Å². The number of benzene rings is 1. The Hall–Kier alpha value is -2.76. The molecule has 0 unspecified atom stereocenters. The van der Waals surface area contributed by atoms with E-state index < -0.39 is 0 Å². The molecule has 2 heterocycles. The van der Waals surface area contributed by atoms with Gasteiger partial charge in [-0.1, -0.05) is 0 Å². The highest BCUT2D eigenvalue weighted by molar-refractivity contribution is 5.99. The average Bonchev–Trinajstić information content (AvgIpc) is 2.71. The number of ether oxygens (including phenoxy) is 2. The van der Waals surface area contributed by atoms with Crippen molar-refractivity contribution in [2.45, 2.75) is 27.3 Å². The summed E-state index contributed by atoms with van der Waals surface area (Å²) in [6.45, 7) is 6.62. The number of nitrogens with one attached hydrogen (secondary N) is 1. The standard InChI is InChI=1S/C19H22N2O4/c1-11-9-12(2)20-18(22)14(11)10-21-7-8-25-16-6-5-15(24-4)13(3)17(16)19(21)23/h5-6,9H,7-8,10H2,1-4H3,(H,20,22). The molecule has 0 saturated carbocycles. The summed E-state index contributed by atoms with van der Waals surface area (Å²) in [5.74, 6) is 1.05. The molecule has 6 nitrogen and oxygen atoms in total. The number of amides is 1. The van der Waals surface area contributed by atoms with Crippen LogP contribution in [0.5, 0.6) is 11.5 Å². The molecule has 0 saturated heterocycles. The van der Waals surface area contributed by atoms with Crippen LogP contribution in [0.4, 0.5) is 0 Å². The van der Waals surface area contributed by atoms with Gasteiger partial charge in [0.15, 0.2) is 0 Å². The second-order valence-electron chi connectivity index (χ2n) is 6.28. The summed E-state index contributed by atoms with van der Waals surface area (Å²) in [5.41, 5.74) is 3.37. The molecular weight excluding hydrogens is 320 g/mol. The van der Waals surface area contributed by atoms with Crippen molar-refractivity contribution in [3.05, 3.63) is 56.5 Å². The Bertz CT molecular complexity index is 886. The van der Waals surface area contributed by atoms with Crippen LogP contribution in [0.15, 0.2) is 23.0 Å². The Morgan fingerprint density at radius 1 is 1.24 bits per heavy atom. The third-order valence-corrected chi connectivity index (χ3v) is 4.56. The van der Waals surface area contributed by atoms with Gasteiger partial charge in [-0.05, 0) is 44.5 Å². The lowest BCUT2D eigenvalue weighted by Gasteiger charge is -2.21. The molecule has 3 rings (SSSR count). The molecular formula is C19H22N2O4. The van der Waals surface area contributed by atoms with Crippen LogP contribution in [0.25, 0.3) is 0 Å². The van der Waals surface area contributed by atoms with Crippen LogP contribution in [0.1, 0.15) is 32.7 Å². The monoisotopic (exact) mass is 342 g/mol. The minimum Gasteiger partial charge on any atom is -0.496 e. The Labute approximate surface area is 146 Å². The van der Waals surface area contributed by atoms with E-state index in [2.05, 4.69) is 4.98 Å². The van der Waals surface area contributed by atoms with Crippen LogP contribution in [-0.4, -0.2) is 36.1 Å². The first kappa shape index (κ1) is 17.1. The van der Waals surface area contributed by atoms with Gasteiger partial charge in [0.05, 0.1) is 25.8 Å². The zero-order chi connectivity index (χ0) is 18.1. The third-order valence-electron chi connectivity index (χ3n) is 4.56. The summed E-state index contributed by atoms with van der Waals surface area (Å²) in [4.78, 5) is 29.9. The molecule has 0 atom stereocenters. The first-order valence-corrected chi connectivity index (χ1v) is 8.21. The predicted octanol–water partition coefficient (Wildman–Crippen LogP) is 2.34. The fraction of sp³-hybridized carbons (Fsp3) is 0.368. The lowest BCUT2D eigenvalue weighted by molar-refractivity contribution is 0.0741. The maximum atomic E-state index is 13.1. The maximum Gasteiger partial charge on any atom is 0.258 e. The molecule has 0 fully saturated rings. The topological polar surface area (TPSA) is 71.6 Å². The normalized spacial score (nSPS) is 13.9. The van der Waals surface area contributed by atoms with E-state index in [1.807, 2.05) is 26.8 Å². The lowest BCUT2D eigenvalue weighted by Crippen LogP contribution is -2.35. The van der Waals surface area contributed by atoms with Crippen molar-refractivity contribution in [3.8, 4) is 11.5 Å². The number of carbonyl (C=O) groups is 1. The van der Waals surface area contributed by atoms with Crippen LogP contribution in [0.3, 0.4) is 0 Å². The van der Waals surface area contributed by atoms with Crippen molar-refractivity contribution >= 4 is 5.91 Å². The van der Waals surface area contributed by atoms with Crippen molar-refractivity contribution in [1.82, 2.24) is 9.88 Å². The summed E-state index contributed by atoms with van der Waals surface area (Å²) < 4.78 is 11.1. The van der Waals surface area contributed by atoms with Crippen molar-refractivity contribution in [1.29, 1.82) is 0 Å². The summed E-state index contributed by atoms with van der Waals surface area (Å²) in [6, 6.07) is 5.47. The Kier molecular flexibility index (Phi) is 4.53. The minimum atomic E-state index is -0.155. The molecule has 2 aromatic rings. The van der Waals surface area contributed by atoms with E-state index in [9.17, 15) is 9.59 Å². The van der Waals surface area contributed by atoms with Gasteiger partial charge in [0, 0.05) is 16.8 Å². The van der Waals surface area contributed by atoms with Crippen molar-refractivity contribution in [2.75, 3.05) is 20.3 Å². The molecule has 6 heteroatoms. The van der Waals surface area contributed by atoms with Crippen LogP contribution in [-0.2, 0) is 6.54 Å². The lowest BCUT2D eigenvalue weighted by atomic mass is 10.0. The fourth-order valence-corrected chi connectivity index (χ4v) is 3.22. The van der Waals surface area contributed by atoms with Crippen LogP contribution in [0, 0.1) is 20.8 Å². The van der Waals surface area contributed by atoms with E-state index in [1.54, 1.807) is 24.1 Å². The van der Waals surface area contributed by atoms with E-state index in [0.717, 1.165) is 16.8 Å². The number of hydrogen-bond acceptors (Lipinski definition) is 4. The summed E-state index contributed by atoms with van der Waals surface area (Å²) >= 11 is 0. The quantitative estimate of drug-likeness (QED) is 0.929. The van der Waals surface area contributed by atoms with Gasteiger partial charge < -0.3 is 19.4 Å². The minimum absolute atomic E-state index is 0.150. The Morgan fingerprint density at radius 3 is 2.68 bits per heavy atom.